The van der Waals surface area contributed by atoms with Crippen molar-refractivity contribution in [2.75, 3.05) is 19.0 Å². The normalized spacial score (nSPS) is 17.1. The number of alkyl halides is 3. The molecule has 7 heteroatoms. The summed E-state index contributed by atoms with van der Waals surface area (Å²) < 4.78 is 43.7. The second kappa shape index (κ2) is 5.81. The van der Waals surface area contributed by atoms with Gasteiger partial charge in [0.2, 0.25) is 0 Å². The minimum Gasteiger partial charge on any atom is -0.389 e. The van der Waals surface area contributed by atoms with Gasteiger partial charge in [-0.05, 0) is 37.5 Å². The summed E-state index contributed by atoms with van der Waals surface area (Å²) in [7, 11) is 1.64. The maximum absolute atomic E-state index is 12.7. The van der Waals surface area contributed by atoms with E-state index in [1.807, 2.05) is 0 Å². The predicted octanol–water partition coefficient (Wildman–Crippen LogP) is 3.32. The summed E-state index contributed by atoms with van der Waals surface area (Å²) >= 11 is 4.85. The minimum atomic E-state index is -4.42. The SMILES string of the molecule is COC1(CNc2ccc(C(F)(F)F)cc2C(N)=S)CCC1. The van der Waals surface area contributed by atoms with E-state index in [-0.39, 0.29) is 16.2 Å². The Balaban J connectivity index is 2.21. The fraction of sp³-hybridized carbons (Fsp3) is 0.500. The zero-order valence-corrected chi connectivity index (χ0v) is 12.4. The first-order valence-corrected chi connectivity index (χ1v) is 6.98. The molecule has 3 N–H and O–H groups in total. The number of halogens is 3. The van der Waals surface area contributed by atoms with Gasteiger partial charge in [-0.25, -0.2) is 0 Å². The van der Waals surface area contributed by atoms with Crippen molar-refractivity contribution in [3.05, 3.63) is 29.3 Å². The van der Waals surface area contributed by atoms with Gasteiger partial charge in [-0.1, -0.05) is 12.2 Å². The van der Waals surface area contributed by atoms with Gasteiger partial charge >= 0.3 is 6.18 Å². The summed E-state index contributed by atoms with van der Waals surface area (Å²) in [5.74, 6) is 0. The Bertz CT molecular complexity index is 536. The molecule has 0 aliphatic heterocycles. The van der Waals surface area contributed by atoms with E-state index in [4.69, 9.17) is 22.7 Å². The molecule has 116 valence electrons. The number of benzene rings is 1. The number of methoxy groups -OCH3 is 1. The Morgan fingerprint density at radius 3 is 2.52 bits per heavy atom. The third-order valence-electron chi connectivity index (χ3n) is 3.91. The summed E-state index contributed by atoms with van der Waals surface area (Å²) in [6.07, 6.45) is -1.47. The fourth-order valence-corrected chi connectivity index (χ4v) is 2.53. The Hall–Kier alpha value is -1.34. The van der Waals surface area contributed by atoms with Gasteiger partial charge in [0.1, 0.15) is 4.99 Å². The lowest BCUT2D eigenvalue weighted by molar-refractivity contribution is -0.137. The first kappa shape index (κ1) is 16.0. The molecular formula is C14H17F3N2OS. The third-order valence-corrected chi connectivity index (χ3v) is 4.13. The Kier molecular flexibility index (Phi) is 4.43. The van der Waals surface area contributed by atoms with Crippen LogP contribution in [0.4, 0.5) is 18.9 Å². The molecule has 0 radical (unpaired) electrons. The quantitative estimate of drug-likeness (QED) is 0.818. The smallest absolute Gasteiger partial charge is 0.389 e. The molecule has 1 aromatic rings. The van der Waals surface area contributed by atoms with Crippen molar-refractivity contribution >= 4 is 22.9 Å². The van der Waals surface area contributed by atoms with Crippen molar-refractivity contribution in [1.82, 2.24) is 0 Å². The van der Waals surface area contributed by atoms with E-state index in [2.05, 4.69) is 5.32 Å². The highest BCUT2D eigenvalue weighted by atomic mass is 32.1. The summed E-state index contributed by atoms with van der Waals surface area (Å²) in [5, 5.41) is 3.11. The monoisotopic (exact) mass is 318 g/mol. The van der Waals surface area contributed by atoms with Gasteiger partial charge in [-0.2, -0.15) is 13.2 Å². The van der Waals surface area contributed by atoms with Crippen molar-refractivity contribution in [1.29, 1.82) is 0 Å². The molecule has 0 unspecified atom stereocenters. The topological polar surface area (TPSA) is 47.3 Å². The van der Waals surface area contributed by atoms with Gasteiger partial charge < -0.3 is 15.8 Å². The largest absolute Gasteiger partial charge is 0.416 e. The third kappa shape index (κ3) is 3.47. The number of nitrogens with one attached hydrogen (secondary N) is 1. The van der Waals surface area contributed by atoms with Crippen LogP contribution in [-0.4, -0.2) is 24.2 Å². The van der Waals surface area contributed by atoms with Gasteiger partial charge in [0.05, 0.1) is 11.2 Å². The summed E-state index contributed by atoms with van der Waals surface area (Å²) in [6, 6.07) is 3.36. The molecule has 1 aliphatic carbocycles. The van der Waals surface area contributed by atoms with Crippen LogP contribution < -0.4 is 11.1 Å². The number of ether oxygens (including phenoxy) is 1. The molecule has 0 saturated heterocycles. The Morgan fingerprint density at radius 1 is 1.43 bits per heavy atom. The zero-order chi connectivity index (χ0) is 15.7. The summed E-state index contributed by atoms with van der Waals surface area (Å²) in [4.78, 5) is -0.0660. The number of rotatable bonds is 5. The molecule has 2 rings (SSSR count). The Morgan fingerprint density at radius 2 is 2.10 bits per heavy atom. The number of hydrogen-bond donors (Lipinski definition) is 2. The molecule has 1 aromatic carbocycles. The summed E-state index contributed by atoms with van der Waals surface area (Å²) in [5.41, 5.74) is 5.23. The van der Waals surface area contributed by atoms with Crippen LogP contribution in [0.15, 0.2) is 18.2 Å². The van der Waals surface area contributed by atoms with Crippen molar-refractivity contribution < 1.29 is 17.9 Å². The average Bonchev–Trinajstić information content (AvgIpc) is 2.36. The van der Waals surface area contributed by atoms with E-state index >= 15 is 0 Å². The highest BCUT2D eigenvalue weighted by Crippen LogP contribution is 2.36. The van der Waals surface area contributed by atoms with Crippen molar-refractivity contribution in [3.8, 4) is 0 Å². The fourth-order valence-electron chi connectivity index (χ4n) is 2.36. The van der Waals surface area contributed by atoms with E-state index < -0.39 is 11.7 Å². The lowest BCUT2D eigenvalue weighted by Gasteiger charge is -2.40. The molecule has 0 atom stereocenters. The second-order valence-corrected chi connectivity index (χ2v) is 5.66. The average molecular weight is 318 g/mol. The molecular weight excluding hydrogens is 301 g/mol. The molecule has 1 saturated carbocycles. The highest BCUT2D eigenvalue weighted by molar-refractivity contribution is 7.80. The van der Waals surface area contributed by atoms with Crippen LogP contribution in [0.1, 0.15) is 30.4 Å². The predicted molar refractivity (Wildman–Crippen MR) is 79.4 cm³/mol. The summed E-state index contributed by atoms with van der Waals surface area (Å²) in [6.45, 7) is 0.518. The van der Waals surface area contributed by atoms with Crippen molar-refractivity contribution in [2.45, 2.75) is 31.0 Å². The van der Waals surface area contributed by atoms with E-state index in [1.165, 1.54) is 6.07 Å². The van der Waals surface area contributed by atoms with Crippen LogP contribution in [0.25, 0.3) is 0 Å². The molecule has 0 heterocycles. The van der Waals surface area contributed by atoms with Gasteiger partial charge in [0.25, 0.3) is 0 Å². The van der Waals surface area contributed by atoms with Gasteiger partial charge in [0.15, 0.2) is 0 Å². The lowest BCUT2D eigenvalue weighted by atomic mass is 9.80. The number of anilines is 1. The highest BCUT2D eigenvalue weighted by Gasteiger charge is 2.37. The number of nitrogens with two attached hydrogens (primary N) is 1. The molecule has 3 nitrogen and oxygen atoms in total. The van der Waals surface area contributed by atoms with E-state index in [0.29, 0.717) is 12.2 Å². The Labute approximate surface area is 126 Å². The van der Waals surface area contributed by atoms with Crippen LogP contribution in [0.2, 0.25) is 0 Å². The zero-order valence-electron chi connectivity index (χ0n) is 11.6. The van der Waals surface area contributed by atoms with E-state index in [0.717, 1.165) is 31.4 Å². The number of thiocarbonyl (C=S) groups is 1. The van der Waals surface area contributed by atoms with Crippen molar-refractivity contribution in [2.24, 2.45) is 5.73 Å². The van der Waals surface area contributed by atoms with Crippen LogP contribution >= 0.6 is 12.2 Å². The van der Waals surface area contributed by atoms with Crippen molar-refractivity contribution in [3.63, 3.8) is 0 Å². The van der Waals surface area contributed by atoms with Crippen LogP contribution in [0, 0.1) is 0 Å². The molecule has 1 fully saturated rings. The second-order valence-electron chi connectivity index (χ2n) is 5.22. The molecule has 1 aliphatic rings. The van der Waals surface area contributed by atoms with E-state index in [1.54, 1.807) is 7.11 Å². The molecule has 21 heavy (non-hydrogen) atoms. The molecule has 0 amide bonds. The van der Waals surface area contributed by atoms with Gasteiger partial charge in [-0.3, -0.25) is 0 Å². The minimum absolute atomic E-state index is 0.0660. The first-order chi connectivity index (χ1) is 9.77. The van der Waals surface area contributed by atoms with Crippen LogP contribution in [-0.2, 0) is 10.9 Å². The maximum atomic E-state index is 12.7. The first-order valence-electron chi connectivity index (χ1n) is 6.57. The van der Waals surface area contributed by atoms with E-state index in [9.17, 15) is 13.2 Å². The van der Waals surface area contributed by atoms with Gasteiger partial charge in [-0.15, -0.1) is 0 Å². The number of hydrogen-bond acceptors (Lipinski definition) is 3. The van der Waals surface area contributed by atoms with Crippen LogP contribution in [0.5, 0.6) is 0 Å². The molecule has 0 bridgehead atoms. The van der Waals surface area contributed by atoms with Crippen LogP contribution in [0.3, 0.4) is 0 Å². The maximum Gasteiger partial charge on any atom is 0.416 e. The van der Waals surface area contributed by atoms with Gasteiger partial charge in [0, 0.05) is 24.9 Å². The molecule has 0 aromatic heterocycles. The standard InChI is InChI=1S/C14H17F3N2OS/c1-20-13(5-2-6-13)8-19-11-4-3-9(14(15,16)17)7-10(11)12(18)21/h3-4,7,19H,2,5-6,8H2,1H3,(H2,18,21). The molecule has 0 spiro atoms. The lowest BCUT2D eigenvalue weighted by Crippen LogP contribution is -2.45.